The molecule has 18 heavy (non-hydrogen) atoms. The largest absolute Gasteiger partial charge is 0.395 e. The van der Waals surface area contributed by atoms with Crippen LogP contribution in [0.15, 0.2) is 0 Å². The zero-order valence-corrected chi connectivity index (χ0v) is 11.5. The third-order valence-corrected chi connectivity index (χ3v) is 5.08. The third-order valence-electron chi connectivity index (χ3n) is 5.08. The van der Waals surface area contributed by atoms with E-state index in [9.17, 15) is 5.11 Å². The minimum atomic E-state index is 0.296. The highest BCUT2D eigenvalue weighted by molar-refractivity contribution is 4.91. The topological polar surface area (TPSA) is 35.5 Å². The van der Waals surface area contributed by atoms with Gasteiger partial charge in [0.05, 0.1) is 6.61 Å². The Morgan fingerprint density at radius 3 is 2.61 bits per heavy atom. The van der Waals surface area contributed by atoms with Gasteiger partial charge in [0.1, 0.15) is 0 Å². The summed E-state index contributed by atoms with van der Waals surface area (Å²) in [4.78, 5) is 2.68. The molecule has 1 aliphatic heterocycles. The molecule has 2 aliphatic carbocycles. The molecular formula is C15H28N2O. The normalized spacial score (nSPS) is 35.2. The van der Waals surface area contributed by atoms with Gasteiger partial charge < -0.3 is 10.4 Å². The first-order valence-corrected chi connectivity index (χ1v) is 7.98. The first kappa shape index (κ1) is 12.9. The van der Waals surface area contributed by atoms with Crippen molar-refractivity contribution in [3.8, 4) is 0 Å². The number of fused-ring (bicyclic) bond motifs is 1. The smallest absolute Gasteiger partial charge is 0.0597 e. The molecule has 3 aliphatic rings. The molecule has 3 atom stereocenters. The maximum atomic E-state index is 9.54. The summed E-state index contributed by atoms with van der Waals surface area (Å²) >= 11 is 0. The van der Waals surface area contributed by atoms with E-state index in [1.54, 1.807) is 0 Å². The molecule has 3 heteroatoms. The maximum absolute atomic E-state index is 9.54. The summed E-state index contributed by atoms with van der Waals surface area (Å²) in [5.74, 6) is 0.952. The van der Waals surface area contributed by atoms with Crippen molar-refractivity contribution in [2.75, 3.05) is 19.7 Å². The Labute approximate surface area is 111 Å². The predicted octanol–water partition coefficient (Wildman–Crippen LogP) is 1.75. The van der Waals surface area contributed by atoms with E-state index in [4.69, 9.17) is 0 Å². The Bertz CT molecular complexity index is 265. The van der Waals surface area contributed by atoms with Crippen molar-refractivity contribution >= 4 is 0 Å². The van der Waals surface area contributed by atoms with Crippen LogP contribution < -0.4 is 5.32 Å². The molecule has 3 fully saturated rings. The van der Waals surface area contributed by atoms with Crippen LogP contribution in [-0.2, 0) is 0 Å². The van der Waals surface area contributed by atoms with Gasteiger partial charge in [0.2, 0.25) is 0 Å². The van der Waals surface area contributed by atoms with Crippen molar-refractivity contribution in [3.05, 3.63) is 0 Å². The summed E-state index contributed by atoms with van der Waals surface area (Å²) in [7, 11) is 0. The predicted molar refractivity (Wildman–Crippen MR) is 73.6 cm³/mol. The van der Waals surface area contributed by atoms with Gasteiger partial charge in [0.25, 0.3) is 0 Å². The van der Waals surface area contributed by atoms with E-state index < -0.39 is 0 Å². The highest BCUT2D eigenvalue weighted by Crippen LogP contribution is 2.35. The van der Waals surface area contributed by atoms with Crippen molar-refractivity contribution in [1.29, 1.82) is 0 Å². The fourth-order valence-corrected chi connectivity index (χ4v) is 3.98. The second kappa shape index (κ2) is 5.89. The number of rotatable bonds is 5. The van der Waals surface area contributed by atoms with Crippen molar-refractivity contribution in [1.82, 2.24) is 10.2 Å². The molecule has 104 valence electrons. The Kier molecular flexibility index (Phi) is 4.22. The van der Waals surface area contributed by atoms with Crippen molar-refractivity contribution in [2.45, 2.75) is 69.5 Å². The van der Waals surface area contributed by atoms with E-state index in [0.29, 0.717) is 18.7 Å². The van der Waals surface area contributed by atoms with Gasteiger partial charge in [-0.2, -0.15) is 0 Å². The van der Waals surface area contributed by atoms with Crippen LogP contribution in [0.2, 0.25) is 0 Å². The van der Waals surface area contributed by atoms with Crippen molar-refractivity contribution < 1.29 is 5.11 Å². The number of aliphatic hydroxyl groups excluding tert-OH is 1. The molecule has 3 nitrogen and oxygen atoms in total. The molecule has 3 rings (SSSR count). The van der Waals surface area contributed by atoms with Crippen LogP contribution in [0.1, 0.15) is 51.4 Å². The van der Waals surface area contributed by atoms with Gasteiger partial charge in [-0.1, -0.05) is 12.8 Å². The molecular weight excluding hydrogens is 224 g/mol. The molecule has 0 amide bonds. The molecule has 1 saturated heterocycles. The lowest BCUT2D eigenvalue weighted by molar-refractivity contribution is 0.0457. The second-order valence-corrected chi connectivity index (χ2v) is 6.57. The van der Waals surface area contributed by atoms with Gasteiger partial charge in [-0.25, -0.2) is 0 Å². The lowest BCUT2D eigenvalue weighted by atomic mass is 9.78. The first-order chi connectivity index (χ1) is 8.86. The van der Waals surface area contributed by atoms with Crippen LogP contribution in [0.25, 0.3) is 0 Å². The molecule has 2 N–H and O–H groups in total. The van der Waals surface area contributed by atoms with Crippen LogP contribution in [0.5, 0.6) is 0 Å². The van der Waals surface area contributed by atoms with E-state index in [2.05, 4.69) is 10.2 Å². The average Bonchev–Trinajstić information content (AvgIpc) is 3.22. The van der Waals surface area contributed by atoms with Gasteiger partial charge >= 0.3 is 0 Å². The summed E-state index contributed by atoms with van der Waals surface area (Å²) in [6, 6.07) is 1.83. The summed E-state index contributed by atoms with van der Waals surface area (Å²) in [6.45, 7) is 2.61. The van der Waals surface area contributed by atoms with Gasteiger partial charge in [0, 0.05) is 24.7 Å². The molecule has 0 radical (unpaired) electrons. The van der Waals surface area contributed by atoms with Gasteiger partial charge in [-0.15, -0.1) is 0 Å². The quantitative estimate of drug-likeness (QED) is 0.782. The van der Waals surface area contributed by atoms with E-state index in [1.165, 1.54) is 57.9 Å². The molecule has 0 spiro atoms. The Morgan fingerprint density at radius 1 is 1.06 bits per heavy atom. The summed E-state index contributed by atoms with van der Waals surface area (Å²) in [5, 5.41) is 13.1. The number of nitrogens with one attached hydrogen (secondary N) is 1. The van der Waals surface area contributed by atoms with Gasteiger partial charge in [-0.3, -0.25) is 4.90 Å². The Balaban J connectivity index is 1.55. The van der Waals surface area contributed by atoms with Gasteiger partial charge in [0.15, 0.2) is 0 Å². The van der Waals surface area contributed by atoms with Crippen molar-refractivity contribution in [3.63, 3.8) is 0 Å². The highest BCUT2D eigenvalue weighted by atomic mass is 16.3. The number of likely N-dealkylation sites (tertiary alicyclic amines) is 1. The summed E-state index contributed by atoms with van der Waals surface area (Å²) in [6.07, 6.45) is 11.1. The van der Waals surface area contributed by atoms with E-state index in [0.717, 1.165) is 18.5 Å². The lowest BCUT2D eigenvalue weighted by Gasteiger charge is -2.45. The molecule has 1 unspecified atom stereocenters. The number of piperidine rings is 1. The number of hydrogen-bond acceptors (Lipinski definition) is 3. The third kappa shape index (κ3) is 3.06. The lowest BCUT2D eigenvalue weighted by Crippen LogP contribution is -2.53. The van der Waals surface area contributed by atoms with Crippen molar-refractivity contribution in [2.24, 2.45) is 5.92 Å². The summed E-state index contributed by atoms with van der Waals surface area (Å²) < 4.78 is 0. The van der Waals surface area contributed by atoms with Crippen LogP contribution in [0, 0.1) is 5.92 Å². The Morgan fingerprint density at radius 2 is 1.83 bits per heavy atom. The van der Waals surface area contributed by atoms with Crippen LogP contribution in [0.3, 0.4) is 0 Å². The highest BCUT2D eigenvalue weighted by Gasteiger charge is 2.34. The van der Waals surface area contributed by atoms with Gasteiger partial charge in [-0.05, 0) is 51.0 Å². The van der Waals surface area contributed by atoms with E-state index in [-0.39, 0.29) is 0 Å². The van der Waals surface area contributed by atoms with E-state index in [1.807, 2.05) is 0 Å². The minimum Gasteiger partial charge on any atom is -0.395 e. The minimum absolute atomic E-state index is 0.296. The molecule has 1 heterocycles. The van der Waals surface area contributed by atoms with Crippen LogP contribution >= 0.6 is 0 Å². The SMILES string of the molecule is OCC(CN1CCC[C@H]2CCCC[C@H]21)NC1CC1. The van der Waals surface area contributed by atoms with E-state index >= 15 is 0 Å². The second-order valence-electron chi connectivity index (χ2n) is 6.57. The molecule has 0 bridgehead atoms. The zero-order valence-electron chi connectivity index (χ0n) is 11.5. The number of nitrogens with zero attached hydrogens (tertiary/aromatic N) is 1. The Hall–Kier alpha value is -0.120. The number of aliphatic hydroxyl groups is 1. The number of hydrogen-bond donors (Lipinski definition) is 2. The zero-order chi connectivity index (χ0) is 12.4. The molecule has 0 aromatic heterocycles. The molecule has 0 aromatic rings. The molecule has 0 aromatic carbocycles. The van der Waals surface area contributed by atoms with Crippen LogP contribution in [-0.4, -0.2) is 47.8 Å². The fraction of sp³-hybridized carbons (Fsp3) is 1.00. The maximum Gasteiger partial charge on any atom is 0.0597 e. The average molecular weight is 252 g/mol. The molecule has 2 saturated carbocycles. The first-order valence-electron chi connectivity index (χ1n) is 7.98. The standard InChI is InChI=1S/C15H28N2O/c18-11-14(16-13-7-8-13)10-17-9-3-5-12-4-1-2-6-15(12)17/h12-16,18H,1-11H2/t12-,14?,15-/m1/s1. The monoisotopic (exact) mass is 252 g/mol. The fourth-order valence-electron chi connectivity index (χ4n) is 3.98. The summed E-state index contributed by atoms with van der Waals surface area (Å²) in [5.41, 5.74) is 0. The van der Waals surface area contributed by atoms with Crippen LogP contribution in [0.4, 0.5) is 0 Å².